The molecule has 0 aliphatic carbocycles. The van der Waals surface area contributed by atoms with E-state index in [1.807, 2.05) is 49.3 Å². The van der Waals surface area contributed by atoms with Crippen LogP contribution in [-0.4, -0.2) is 66.5 Å². The number of carbonyl (C=O) groups is 1. The van der Waals surface area contributed by atoms with E-state index >= 15 is 0 Å². The van der Waals surface area contributed by atoms with Crippen LogP contribution in [0.5, 0.6) is 0 Å². The highest BCUT2D eigenvalue weighted by molar-refractivity contribution is 5.91. The number of pyridine rings is 1. The van der Waals surface area contributed by atoms with Crippen molar-refractivity contribution in [1.29, 1.82) is 0 Å². The molecule has 0 unspecified atom stereocenters. The number of carbonyl (C=O) groups excluding carboxylic acids is 1. The molecular formula is C18H21N7O. The summed E-state index contributed by atoms with van der Waals surface area (Å²) >= 11 is 0. The summed E-state index contributed by atoms with van der Waals surface area (Å²) in [5.41, 5.74) is 3.02. The van der Waals surface area contributed by atoms with Crippen molar-refractivity contribution in [1.82, 2.24) is 34.4 Å². The zero-order valence-electron chi connectivity index (χ0n) is 15.0. The lowest BCUT2D eigenvalue weighted by Gasteiger charge is -2.34. The Morgan fingerprint density at radius 1 is 1.08 bits per heavy atom. The van der Waals surface area contributed by atoms with E-state index in [1.165, 1.54) is 5.56 Å². The van der Waals surface area contributed by atoms with Gasteiger partial charge in [0.05, 0.1) is 0 Å². The maximum absolute atomic E-state index is 12.8. The van der Waals surface area contributed by atoms with Crippen molar-refractivity contribution in [2.75, 3.05) is 26.2 Å². The number of amides is 1. The molecule has 4 heterocycles. The summed E-state index contributed by atoms with van der Waals surface area (Å²) in [6.45, 7) is 7.72. The van der Waals surface area contributed by atoms with Gasteiger partial charge in [-0.1, -0.05) is 0 Å². The molecule has 0 spiro atoms. The molecule has 1 aliphatic rings. The second kappa shape index (κ2) is 6.80. The van der Waals surface area contributed by atoms with E-state index in [9.17, 15) is 4.79 Å². The van der Waals surface area contributed by atoms with Gasteiger partial charge in [-0.25, -0.2) is 9.50 Å². The fraction of sp³-hybridized carbons (Fsp3) is 0.389. The zero-order valence-corrected chi connectivity index (χ0v) is 15.0. The number of hydrogen-bond acceptors (Lipinski definition) is 6. The number of nitrogens with zero attached hydrogens (tertiary/aromatic N) is 7. The molecule has 8 nitrogen and oxygen atoms in total. The SMILES string of the molecule is Cc1cc(C)n2nc(C(=O)N3CCN(Cc4ccncc4)CC3)nc2n1. The summed E-state index contributed by atoms with van der Waals surface area (Å²) in [6.07, 6.45) is 3.61. The van der Waals surface area contributed by atoms with Crippen LogP contribution in [0.4, 0.5) is 0 Å². The van der Waals surface area contributed by atoms with Crippen LogP contribution >= 0.6 is 0 Å². The van der Waals surface area contributed by atoms with E-state index in [-0.39, 0.29) is 11.7 Å². The molecular weight excluding hydrogens is 330 g/mol. The zero-order chi connectivity index (χ0) is 18.1. The number of rotatable bonds is 3. The molecule has 0 atom stereocenters. The van der Waals surface area contributed by atoms with Gasteiger partial charge in [0.2, 0.25) is 5.82 Å². The Morgan fingerprint density at radius 2 is 1.81 bits per heavy atom. The molecule has 3 aromatic heterocycles. The Morgan fingerprint density at radius 3 is 2.54 bits per heavy atom. The first-order valence-corrected chi connectivity index (χ1v) is 8.72. The van der Waals surface area contributed by atoms with Crippen molar-refractivity contribution in [2.24, 2.45) is 0 Å². The summed E-state index contributed by atoms with van der Waals surface area (Å²) in [5.74, 6) is 0.562. The minimum absolute atomic E-state index is 0.129. The number of hydrogen-bond donors (Lipinski definition) is 0. The van der Waals surface area contributed by atoms with Gasteiger partial charge in [-0.2, -0.15) is 4.98 Å². The topological polar surface area (TPSA) is 79.5 Å². The molecule has 1 saturated heterocycles. The average molecular weight is 351 g/mol. The van der Waals surface area contributed by atoms with Crippen molar-refractivity contribution in [3.05, 3.63) is 53.4 Å². The van der Waals surface area contributed by atoms with Crippen LogP contribution < -0.4 is 0 Å². The van der Waals surface area contributed by atoms with Gasteiger partial charge >= 0.3 is 0 Å². The predicted molar refractivity (Wildman–Crippen MR) is 95.7 cm³/mol. The summed E-state index contributed by atoms with van der Waals surface area (Å²) < 4.78 is 1.62. The summed E-state index contributed by atoms with van der Waals surface area (Å²) in [4.78, 5) is 29.6. The highest BCUT2D eigenvalue weighted by Gasteiger charge is 2.25. The van der Waals surface area contributed by atoms with E-state index in [0.29, 0.717) is 18.9 Å². The molecule has 0 saturated carbocycles. The van der Waals surface area contributed by atoms with Gasteiger partial charge < -0.3 is 4.90 Å². The fourth-order valence-corrected chi connectivity index (χ4v) is 3.25. The summed E-state index contributed by atoms with van der Waals surface area (Å²) in [5, 5.41) is 4.35. The molecule has 1 aliphatic heterocycles. The van der Waals surface area contributed by atoms with Crippen LogP contribution in [-0.2, 0) is 6.54 Å². The molecule has 26 heavy (non-hydrogen) atoms. The lowest BCUT2D eigenvalue weighted by atomic mass is 10.2. The first-order chi connectivity index (χ1) is 12.6. The van der Waals surface area contributed by atoms with Gasteiger partial charge in [-0.15, -0.1) is 5.10 Å². The van der Waals surface area contributed by atoms with E-state index in [4.69, 9.17) is 0 Å². The van der Waals surface area contributed by atoms with Crippen LogP contribution in [0, 0.1) is 13.8 Å². The van der Waals surface area contributed by atoms with E-state index in [2.05, 4.69) is 25.0 Å². The van der Waals surface area contributed by atoms with Crippen molar-refractivity contribution in [3.63, 3.8) is 0 Å². The quantitative estimate of drug-likeness (QED) is 0.703. The number of aromatic nitrogens is 5. The molecule has 0 radical (unpaired) electrons. The molecule has 0 bridgehead atoms. The molecule has 0 N–H and O–H groups in total. The Bertz CT molecular complexity index is 929. The summed E-state index contributed by atoms with van der Waals surface area (Å²) in [6, 6.07) is 5.97. The highest BCUT2D eigenvalue weighted by Crippen LogP contribution is 2.11. The molecule has 1 fully saturated rings. The molecule has 8 heteroatoms. The molecule has 1 amide bonds. The minimum Gasteiger partial charge on any atom is -0.333 e. The van der Waals surface area contributed by atoms with Gasteiger partial charge in [-0.3, -0.25) is 14.7 Å². The van der Waals surface area contributed by atoms with Gasteiger partial charge in [-0.05, 0) is 37.6 Å². The Labute approximate surface area is 151 Å². The molecule has 4 rings (SSSR count). The van der Waals surface area contributed by atoms with Crippen LogP contribution in [0.15, 0.2) is 30.6 Å². The van der Waals surface area contributed by atoms with Crippen LogP contribution in [0.25, 0.3) is 5.78 Å². The Balaban J connectivity index is 1.43. The van der Waals surface area contributed by atoms with Crippen LogP contribution in [0.2, 0.25) is 0 Å². The third kappa shape index (κ3) is 3.28. The maximum atomic E-state index is 12.8. The van der Waals surface area contributed by atoms with Crippen molar-refractivity contribution < 1.29 is 4.79 Å². The number of aryl methyl sites for hydroxylation is 2. The molecule has 3 aromatic rings. The van der Waals surface area contributed by atoms with Crippen molar-refractivity contribution in [3.8, 4) is 0 Å². The highest BCUT2D eigenvalue weighted by atomic mass is 16.2. The van der Waals surface area contributed by atoms with Gasteiger partial charge in [0.25, 0.3) is 11.7 Å². The Kier molecular flexibility index (Phi) is 4.34. The fourth-order valence-electron chi connectivity index (χ4n) is 3.25. The van der Waals surface area contributed by atoms with Gasteiger partial charge in [0.1, 0.15) is 0 Å². The molecule has 0 aromatic carbocycles. The number of piperazine rings is 1. The predicted octanol–water partition coefficient (Wildman–Crippen LogP) is 1.09. The van der Waals surface area contributed by atoms with Gasteiger partial charge in [0, 0.05) is 56.5 Å². The largest absolute Gasteiger partial charge is 0.333 e. The third-order valence-corrected chi connectivity index (χ3v) is 4.62. The number of fused-ring (bicyclic) bond motifs is 1. The summed E-state index contributed by atoms with van der Waals surface area (Å²) in [7, 11) is 0. The lowest BCUT2D eigenvalue weighted by Crippen LogP contribution is -2.48. The normalized spacial score (nSPS) is 15.5. The molecule has 134 valence electrons. The average Bonchev–Trinajstić information content (AvgIpc) is 3.07. The second-order valence-corrected chi connectivity index (χ2v) is 6.61. The van der Waals surface area contributed by atoms with Crippen LogP contribution in [0.1, 0.15) is 27.6 Å². The lowest BCUT2D eigenvalue weighted by molar-refractivity contribution is 0.0617. The first kappa shape index (κ1) is 16.6. The first-order valence-electron chi connectivity index (χ1n) is 8.72. The third-order valence-electron chi connectivity index (χ3n) is 4.62. The Hall–Kier alpha value is -2.87. The second-order valence-electron chi connectivity index (χ2n) is 6.61. The minimum atomic E-state index is -0.129. The van der Waals surface area contributed by atoms with E-state index < -0.39 is 0 Å². The monoisotopic (exact) mass is 351 g/mol. The standard InChI is InChI=1S/C18H21N7O/c1-13-11-14(2)25-18(20-13)21-16(22-25)17(26)24-9-7-23(8-10-24)12-15-3-5-19-6-4-15/h3-6,11H,7-10,12H2,1-2H3. The van der Waals surface area contributed by atoms with E-state index in [1.54, 1.807) is 4.52 Å². The van der Waals surface area contributed by atoms with Crippen molar-refractivity contribution in [2.45, 2.75) is 20.4 Å². The van der Waals surface area contributed by atoms with Gasteiger partial charge in [0.15, 0.2) is 0 Å². The van der Waals surface area contributed by atoms with Crippen LogP contribution in [0.3, 0.4) is 0 Å². The van der Waals surface area contributed by atoms with E-state index in [0.717, 1.165) is 31.0 Å². The smallest absolute Gasteiger partial charge is 0.293 e. The maximum Gasteiger partial charge on any atom is 0.293 e. The van der Waals surface area contributed by atoms with Crippen molar-refractivity contribution >= 4 is 11.7 Å².